The molecule has 1 amide bonds. The molecule has 5 nitrogen and oxygen atoms in total. The first-order chi connectivity index (χ1) is 13.2. The Morgan fingerprint density at radius 1 is 1.11 bits per heavy atom. The molecule has 2 bridgehead atoms. The Labute approximate surface area is 159 Å². The van der Waals surface area contributed by atoms with E-state index in [2.05, 4.69) is 6.07 Å². The maximum Gasteiger partial charge on any atom is 0.251 e. The Morgan fingerprint density at radius 3 is 2.70 bits per heavy atom. The molecule has 2 aromatic rings. The summed E-state index contributed by atoms with van der Waals surface area (Å²) in [5, 5.41) is 0. The van der Waals surface area contributed by atoms with E-state index in [-0.39, 0.29) is 17.4 Å². The van der Waals surface area contributed by atoms with Gasteiger partial charge in [-0.2, -0.15) is 0 Å². The number of rotatable bonds is 5. The number of carbonyl (C=O) groups excluding carboxylic acids is 1. The van der Waals surface area contributed by atoms with Gasteiger partial charge >= 0.3 is 0 Å². The zero-order valence-corrected chi connectivity index (χ0v) is 15.8. The average molecular weight is 366 g/mol. The van der Waals surface area contributed by atoms with Crippen LogP contribution < -0.4 is 5.56 Å². The highest BCUT2D eigenvalue weighted by atomic mass is 16.5. The van der Waals surface area contributed by atoms with Crippen LogP contribution in [0.1, 0.15) is 31.4 Å². The van der Waals surface area contributed by atoms with Crippen LogP contribution in [0, 0.1) is 5.92 Å². The number of hydrogen-bond acceptors (Lipinski definition) is 3. The molecule has 0 spiro atoms. The third-order valence-corrected chi connectivity index (χ3v) is 5.68. The molecule has 1 aromatic carbocycles. The first kappa shape index (κ1) is 18.0. The van der Waals surface area contributed by atoms with E-state index >= 15 is 0 Å². The Morgan fingerprint density at radius 2 is 1.93 bits per heavy atom. The fourth-order valence-electron chi connectivity index (χ4n) is 4.42. The summed E-state index contributed by atoms with van der Waals surface area (Å²) >= 11 is 0. The molecule has 5 heteroatoms. The van der Waals surface area contributed by atoms with E-state index in [1.54, 1.807) is 6.07 Å². The highest BCUT2D eigenvalue weighted by molar-refractivity contribution is 5.76. The first-order valence-corrected chi connectivity index (χ1v) is 9.81. The van der Waals surface area contributed by atoms with Gasteiger partial charge in [-0.25, -0.2) is 0 Å². The van der Waals surface area contributed by atoms with Gasteiger partial charge in [0, 0.05) is 43.9 Å². The molecule has 0 aliphatic carbocycles. The molecule has 1 fully saturated rings. The molecule has 0 radical (unpaired) electrons. The Bertz CT molecular complexity index is 875. The van der Waals surface area contributed by atoms with Crippen molar-refractivity contribution < 1.29 is 9.53 Å². The molecule has 1 aromatic heterocycles. The van der Waals surface area contributed by atoms with Gasteiger partial charge in [0.25, 0.3) is 5.56 Å². The number of benzene rings is 1. The van der Waals surface area contributed by atoms with E-state index < -0.39 is 0 Å². The van der Waals surface area contributed by atoms with Gasteiger partial charge in [-0.1, -0.05) is 30.3 Å². The van der Waals surface area contributed by atoms with E-state index in [0.29, 0.717) is 38.6 Å². The Kier molecular flexibility index (Phi) is 5.12. The third-order valence-electron chi connectivity index (χ3n) is 5.68. The van der Waals surface area contributed by atoms with Crippen molar-refractivity contribution in [2.75, 3.05) is 26.3 Å². The van der Waals surface area contributed by atoms with Crippen LogP contribution in [0.2, 0.25) is 0 Å². The minimum Gasteiger partial charge on any atom is -0.381 e. The molecule has 2 aliphatic heterocycles. The highest BCUT2D eigenvalue weighted by Gasteiger charge is 2.36. The lowest BCUT2D eigenvalue weighted by atomic mass is 9.82. The van der Waals surface area contributed by atoms with Crippen molar-refractivity contribution in [2.24, 2.45) is 5.92 Å². The molecule has 0 saturated carbocycles. The summed E-state index contributed by atoms with van der Waals surface area (Å²) in [6.07, 6.45) is 1.48. The van der Waals surface area contributed by atoms with Crippen LogP contribution in [0.5, 0.6) is 0 Å². The van der Waals surface area contributed by atoms with Gasteiger partial charge in [-0.15, -0.1) is 0 Å². The molecule has 1 saturated heterocycles. The number of ether oxygens (including phenoxy) is 1. The van der Waals surface area contributed by atoms with Crippen LogP contribution in [-0.4, -0.2) is 41.7 Å². The van der Waals surface area contributed by atoms with Gasteiger partial charge in [-0.05, 0) is 36.5 Å². The van der Waals surface area contributed by atoms with Gasteiger partial charge in [0.05, 0.1) is 13.0 Å². The zero-order valence-electron chi connectivity index (χ0n) is 15.8. The second kappa shape index (κ2) is 7.69. The SMILES string of the molecule is CCOCCC(=O)N1C[C@@H]2C[C@H](C1)c1cc(-c3ccccc3)cc(=O)n1C2. The largest absolute Gasteiger partial charge is 0.381 e. The first-order valence-electron chi connectivity index (χ1n) is 9.81. The quantitative estimate of drug-likeness (QED) is 0.765. The standard InChI is InChI=1S/C22H26N2O3/c1-2-27-9-8-21(25)23-13-16-10-19(15-23)20-11-18(12-22(26)24(20)14-16)17-6-4-3-5-7-17/h3-7,11-12,16,19H,2,8-10,13-15H2,1H3/t16-,19+/m0/s1. The lowest BCUT2D eigenvalue weighted by Gasteiger charge is -2.43. The smallest absolute Gasteiger partial charge is 0.251 e. The number of carbonyl (C=O) groups is 1. The number of nitrogens with zero attached hydrogens (tertiary/aromatic N) is 2. The van der Waals surface area contributed by atoms with Crippen LogP contribution in [0.25, 0.3) is 11.1 Å². The van der Waals surface area contributed by atoms with Crippen molar-refractivity contribution in [1.82, 2.24) is 9.47 Å². The summed E-state index contributed by atoms with van der Waals surface area (Å²) in [6, 6.07) is 13.9. The lowest BCUT2D eigenvalue weighted by Crippen LogP contribution is -2.49. The molecule has 3 heterocycles. The average Bonchev–Trinajstić information content (AvgIpc) is 2.69. The van der Waals surface area contributed by atoms with Crippen molar-refractivity contribution in [3.63, 3.8) is 0 Å². The maximum atomic E-state index is 12.7. The van der Waals surface area contributed by atoms with Crippen LogP contribution in [-0.2, 0) is 16.1 Å². The number of hydrogen-bond donors (Lipinski definition) is 0. The fraction of sp³-hybridized carbons (Fsp3) is 0.455. The van der Waals surface area contributed by atoms with E-state index in [1.165, 1.54) is 0 Å². The normalized spacial score (nSPS) is 21.0. The number of amides is 1. The molecule has 142 valence electrons. The van der Waals surface area contributed by atoms with Crippen LogP contribution >= 0.6 is 0 Å². The van der Waals surface area contributed by atoms with E-state index in [1.807, 2.05) is 46.7 Å². The van der Waals surface area contributed by atoms with Crippen molar-refractivity contribution in [1.29, 1.82) is 0 Å². The summed E-state index contributed by atoms with van der Waals surface area (Å²) in [6.45, 7) is 5.20. The second-order valence-electron chi connectivity index (χ2n) is 7.53. The molecule has 4 rings (SSSR count). The van der Waals surface area contributed by atoms with Gasteiger partial charge in [0.2, 0.25) is 5.91 Å². The summed E-state index contributed by atoms with van der Waals surface area (Å²) in [5.74, 6) is 0.741. The van der Waals surface area contributed by atoms with Crippen molar-refractivity contribution in [2.45, 2.75) is 32.2 Å². The summed E-state index contributed by atoms with van der Waals surface area (Å²) in [4.78, 5) is 27.3. The number of likely N-dealkylation sites (tertiary alicyclic amines) is 1. The number of pyridine rings is 1. The van der Waals surface area contributed by atoms with E-state index in [0.717, 1.165) is 29.8 Å². The Hall–Kier alpha value is -2.40. The van der Waals surface area contributed by atoms with Gasteiger partial charge in [0.1, 0.15) is 0 Å². The Balaban J connectivity index is 1.60. The van der Waals surface area contributed by atoms with E-state index in [9.17, 15) is 9.59 Å². The summed E-state index contributed by atoms with van der Waals surface area (Å²) in [7, 11) is 0. The van der Waals surface area contributed by atoms with Crippen molar-refractivity contribution in [3.8, 4) is 11.1 Å². The molecular weight excluding hydrogens is 340 g/mol. The fourth-order valence-corrected chi connectivity index (χ4v) is 4.42. The molecule has 2 aliphatic rings. The summed E-state index contributed by atoms with van der Waals surface area (Å²) < 4.78 is 7.26. The predicted molar refractivity (Wildman–Crippen MR) is 105 cm³/mol. The highest BCUT2D eigenvalue weighted by Crippen LogP contribution is 2.36. The number of fused-ring (bicyclic) bond motifs is 4. The van der Waals surface area contributed by atoms with Crippen LogP contribution in [0.4, 0.5) is 0 Å². The maximum absolute atomic E-state index is 12.7. The topological polar surface area (TPSA) is 51.5 Å². The van der Waals surface area contributed by atoms with Gasteiger partial charge < -0.3 is 14.2 Å². The minimum atomic E-state index is 0.0668. The monoisotopic (exact) mass is 366 g/mol. The van der Waals surface area contributed by atoms with E-state index in [4.69, 9.17) is 4.74 Å². The molecule has 0 N–H and O–H groups in total. The molecule has 2 atom stereocenters. The van der Waals surface area contributed by atoms with Crippen molar-refractivity contribution in [3.05, 3.63) is 58.5 Å². The molecule has 27 heavy (non-hydrogen) atoms. The predicted octanol–water partition coefficient (Wildman–Crippen LogP) is 2.89. The number of aromatic nitrogens is 1. The van der Waals surface area contributed by atoms with Gasteiger partial charge in [0.15, 0.2) is 0 Å². The van der Waals surface area contributed by atoms with Crippen LogP contribution in [0.15, 0.2) is 47.3 Å². The van der Waals surface area contributed by atoms with Crippen LogP contribution in [0.3, 0.4) is 0 Å². The number of piperidine rings is 1. The summed E-state index contributed by atoms with van der Waals surface area (Å²) in [5.41, 5.74) is 3.16. The van der Waals surface area contributed by atoms with Crippen molar-refractivity contribution >= 4 is 5.91 Å². The second-order valence-corrected chi connectivity index (χ2v) is 7.53. The zero-order chi connectivity index (χ0) is 18.8. The molecule has 0 unspecified atom stereocenters. The third kappa shape index (κ3) is 3.69. The van der Waals surface area contributed by atoms with Gasteiger partial charge in [-0.3, -0.25) is 9.59 Å². The lowest BCUT2D eigenvalue weighted by molar-refractivity contribution is -0.135. The molecular formula is C22H26N2O3. The minimum absolute atomic E-state index is 0.0668.